The molecule has 2 aliphatic heterocycles. The fraction of sp³-hybridized carbons (Fsp3) is 0.286. The number of amides is 3. The van der Waals surface area contributed by atoms with E-state index in [9.17, 15) is 27.9 Å². The maximum Gasteiger partial charge on any atom is 0.323 e. The topological polar surface area (TPSA) is 109 Å². The number of hydrogen-bond acceptors (Lipinski definition) is 5. The van der Waals surface area contributed by atoms with Crippen molar-refractivity contribution in [2.45, 2.75) is 43.6 Å². The first-order valence-electron chi connectivity index (χ1n) is 12.4. The molecule has 1 saturated heterocycles. The van der Waals surface area contributed by atoms with Crippen LogP contribution < -0.4 is 20.7 Å². The monoisotopic (exact) mass is 541 g/mol. The highest BCUT2D eigenvalue weighted by atomic mass is 19.1. The van der Waals surface area contributed by atoms with E-state index in [2.05, 4.69) is 16.0 Å². The lowest BCUT2D eigenvalue weighted by Crippen LogP contribution is -2.47. The maximum absolute atomic E-state index is 13.9. The van der Waals surface area contributed by atoms with Gasteiger partial charge < -0.3 is 30.5 Å². The molecule has 0 unspecified atom stereocenters. The molecule has 4 N–H and O–H groups in total. The van der Waals surface area contributed by atoms with Gasteiger partial charge in [0.1, 0.15) is 35.4 Å². The van der Waals surface area contributed by atoms with E-state index in [0.717, 1.165) is 23.8 Å². The van der Waals surface area contributed by atoms with E-state index >= 15 is 0 Å². The van der Waals surface area contributed by atoms with Crippen LogP contribution in [0.2, 0.25) is 0 Å². The van der Waals surface area contributed by atoms with Crippen LogP contribution in [0.3, 0.4) is 0 Å². The molecule has 0 radical (unpaired) electrons. The van der Waals surface area contributed by atoms with E-state index in [0.29, 0.717) is 17.9 Å². The second kappa shape index (κ2) is 11.3. The Morgan fingerprint density at radius 1 is 0.974 bits per heavy atom. The van der Waals surface area contributed by atoms with Crippen LogP contribution in [0.25, 0.3) is 0 Å². The number of nitrogens with one attached hydrogen (secondary N) is 3. The number of hydrogen-bond donors (Lipinski definition) is 4. The minimum atomic E-state index is -0.699. The van der Waals surface area contributed by atoms with Gasteiger partial charge in [-0.25, -0.2) is 18.0 Å². The number of fused-ring (bicyclic) bond motifs is 3. The van der Waals surface area contributed by atoms with Crippen LogP contribution in [0.4, 0.5) is 29.3 Å². The summed E-state index contributed by atoms with van der Waals surface area (Å²) in [5.41, 5.74) is 1.29. The fourth-order valence-electron chi connectivity index (χ4n) is 4.97. The van der Waals surface area contributed by atoms with Gasteiger partial charge in [-0.1, -0.05) is 12.1 Å². The molecule has 11 heteroatoms. The number of carbonyl (C=O) groups is 2. The largest absolute Gasteiger partial charge is 0.487 e. The van der Waals surface area contributed by atoms with Gasteiger partial charge in [0.15, 0.2) is 0 Å². The molecule has 8 nitrogen and oxygen atoms in total. The zero-order valence-electron chi connectivity index (χ0n) is 20.6. The third kappa shape index (κ3) is 5.99. The second-order valence-corrected chi connectivity index (χ2v) is 9.43. The van der Waals surface area contributed by atoms with E-state index in [4.69, 9.17) is 9.47 Å². The van der Waals surface area contributed by atoms with Crippen molar-refractivity contribution < 1.29 is 37.3 Å². The molecule has 1 fully saturated rings. The number of halogens is 3. The first-order valence-corrected chi connectivity index (χ1v) is 12.4. The standard InChI is InChI=1S/C28H26F3N3O5/c29-16-5-7-21(30)15(9-16)13-32-26(36)12-18-11-20-19-10-17(6-8-24(19)39-27(20)25(14-35)38-18)33-28(37)34-23-4-2-1-3-22(23)31/h1-10,18,20,25,27,35H,11-14H2,(H,32,36)(H2,33,34,37)/t18-,20+,25-,27-/m0/s1. The average molecular weight is 542 g/mol. The summed E-state index contributed by atoms with van der Waals surface area (Å²) >= 11 is 0. The highest BCUT2D eigenvalue weighted by Crippen LogP contribution is 2.47. The SMILES string of the molecule is O=C(C[C@@H]1C[C@@H]2c3cc(NC(=O)Nc4ccccc4F)ccc3O[C@@H]2[C@H](CO)O1)NCc1cc(F)ccc1F. The molecule has 4 atom stereocenters. The summed E-state index contributed by atoms with van der Waals surface area (Å²) < 4.78 is 53.1. The van der Waals surface area contributed by atoms with Gasteiger partial charge in [-0.3, -0.25) is 4.79 Å². The lowest BCUT2D eigenvalue weighted by atomic mass is 9.84. The molecule has 3 amide bonds. The summed E-state index contributed by atoms with van der Waals surface area (Å²) in [6.07, 6.45) is -1.43. The predicted molar refractivity (Wildman–Crippen MR) is 136 cm³/mol. The third-order valence-corrected chi connectivity index (χ3v) is 6.78. The van der Waals surface area contributed by atoms with Crippen LogP contribution in [0.15, 0.2) is 60.7 Å². The molecular formula is C28H26F3N3O5. The molecule has 0 saturated carbocycles. The second-order valence-electron chi connectivity index (χ2n) is 9.43. The molecule has 3 aromatic rings. The van der Waals surface area contributed by atoms with Crippen molar-refractivity contribution in [3.8, 4) is 5.75 Å². The van der Waals surface area contributed by atoms with Crippen LogP contribution in [0, 0.1) is 17.5 Å². The normalized spacial score (nSPS) is 21.3. The van der Waals surface area contributed by atoms with Gasteiger partial charge in [-0.05, 0) is 55.0 Å². The molecule has 0 aromatic heterocycles. The Bertz CT molecular complexity index is 1390. The van der Waals surface area contributed by atoms with Gasteiger partial charge >= 0.3 is 6.03 Å². The summed E-state index contributed by atoms with van der Waals surface area (Å²) in [5, 5.41) is 17.7. The van der Waals surface area contributed by atoms with Crippen molar-refractivity contribution in [3.63, 3.8) is 0 Å². The number of aliphatic hydroxyl groups is 1. The van der Waals surface area contributed by atoms with E-state index in [1.54, 1.807) is 24.3 Å². The minimum Gasteiger partial charge on any atom is -0.487 e. The van der Waals surface area contributed by atoms with Crippen LogP contribution in [0.5, 0.6) is 5.75 Å². The molecule has 0 spiro atoms. The Hall–Kier alpha value is -4.09. The highest BCUT2D eigenvalue weighted by molar-refractivity contribution is 6.00. The fourth-order valence-corrected chi connectivity index (χ4v) is 4.97. The number of benzene rings is 3. The van der Waals surface area contributed by atoms with E-state index < -0.39 is 47.7 Å². The van der Waals surface area contributed by atoms with Crippen LogP contribution in [-0.2, 0) is 16.1 Å². The number of anilines is 2. The Morgan fingerprint density at radius 3 is 2.59 bits per heavy atom. The molecule has 204 valence electrons. The Morgan fingerprint density at radius 2 is 1.79 bits per heavy atom. The zero-order chi connectivity index (χ0) is 27.5. The predicted octanol–water partition coefficient (Wildman–Crippen LogP) is 4.45. The zero-order valence-corrected chi connectivity index (χ0v) is 20.6. The van der Waals surface area contributed by atoms with Crippen molar-refractivity contribution in [1.29, 1.82) is 0 Å². The van der Waals surface area contributed by atoms with E-state index in [-0.39, 0.29) is 36.7 Å². The van der Waals surface area contributed by atoms with Crippen LogP contribution in [-0.4, -0.2) is 42.0 Å². The Kier molecular flexibility index (Phi) is 7.71. The van der Waals surface area contributed by atoms with Crippen molar-refractivity contribution in [2.75, 3.05) is 17.2 Å². The number of urea groups is 1. The minimum absolute atomic E-state index is 0.0263. The lowest BCUT2D eigenvalue weighted by molar-refractivity contribution is -0.142. The number of carbonyl (C=O) groups excluding carboxylic acids is 2. The molecule has 0 bridgehead atoms. The van der Waals surface area contributed by atoms with Gasteiger partial charge in [-0.2, -0.15) is 0 Å². The van der Waals surface area contributed by atoms with Crippen molar-refractivity contribution >= 4 is 23.3 Å². The summed E-state index contributed by atoms with van der Waals surface area (Å²) in [6, 6.07) is 13.3. The smallest absolute Gasteiger partial charge is 0.323 e. The quantitative estimate of drug-likeness (QED) is 0.354. The van der Waals surface area contributed by atoms with Gasteiger partial charge in [0, 0.05) is 29.3 Å². The number of ether oxygens (including phenoxy) is 2. The number of rotatable bonds is 7. The molecule has 5 rings (SSSR count). The lowest BCUT2D eigenvalue weighted by Gasteiger charge is -2.37. The molecule has 2 aliphatic rings. The van der Waals surface area contributed by atoms with Gasteiger partial charge in [-0.15, -0.1) is 0 Å². The average Bonchev–Trinajstić information content (AvgIpc) is 3.28. The molecule has 39 heavy (non-hydrogen) atoms. The van der Waals surface area contributed by atoms with Crippen LogP contribution >= 0.6 is 0 Å². The molecular weight excluding hydrogens is 515 g/mol. The Balaban J connectivity index is 1.24. The third-order valence-electron chi connectivity index (χ3n) is 6.78. The first-order chi connectivity index (χ1) is 18.8. The highest BCUT2D eigenvalue weighted by Gasteiger charge is 2.46. The van der Waals surface area contributed by atoms with E-state index in [1.165, 1.54) is 18.2 Å². The summed E-state index contributed by atoms with van der Waals surface area (Å²) in [7, 11) is 0. The number of aliphatic hydroxyl groups excluding tert-OH is 1. The first kappa shape index (κ1) is 26.5. The van der Waals surface area contributed by atoms with E-state index in [1.807, 2.05) is 0 Å². The van der Waals surface area contributed by atoms with Crippen molar-refractivity contribution in [2.24, 2.45) is 0 Å². The van der Waals surface area contributed by atoms with Gasteiger partial charge in [0.05, 0.1) is 24.8 Å². The number of para-hydroxylation sites is 1. The summed E-state index contributed by atoms with van der Waals surface area (Å²) in [6.45, 7) is -0.515. The van der Waals surface area contributed by atoms with Gasteiger partial charge in [0.25, 0.3) is 0 Å². The Labute approximate surface area is 222 Å². The molecule has 2 heterocycles. The van der Waals surface area contributed by atoms with Crippen molar-refractivity contribution in [3.05, 3.63) is 89.2 Å². The molecule has 0 aliphatic carbocycles. The van der Waals surface area contributed by atoms with Crippen LogP contribution in [0.1, 0.15) is 29.9 Å². The summed E-state index contributed by atoms with van der Waals surface area (Å²) in [5.74, 6) is -1.88. The molecule has 3 aromatic carbocycles. The summed E-state index contributed by atoms with van der Waals surface area (Å²) in [4.78, 5) is 25.0. The maximum atomic E-state index is 13.9. The van der Waals surface area contributed by atoms with Crippen molar-refractivity contribution in [1.82, 2.24) is 5.32 Å². The van der Waals surface area contributed by atoms with Gasteiger partial charge in [0.2, 0.25) is 5.91 Å².